The van der Waals surface area contributed by atoms with E-state index in [4.69, 9.17) is 9.15 Å². The zero-order valence-electron chi connectivity index (χ0n) is 15.3. The number of anilines is 2. The van der Waals surface area contributed by atoms with Crippen LogP contribution in [-0.2, 0) is 10.0 Å². The molecule has 1 aliphatic heterocycles. The number of oxazole rings is 1. The summed E-state index contributed by atoms with van der Waals surface area (Å²) in [4.78, 5) is 4.19. The Bertz CT molecular complexity index is 1120. The van der Waals surface area contributed by atoms with Crippen LogP contribution < -0.4 is 14.4 Å². The van der Waals surface area contributed by atoms with Gasteiger partial charge in [-0.2, -0.15) is 0 Å². The summed E-state index contributed by atoms with van der Waals surface area (Å²) in [7, 11) is -3.76. The summed E-state index contributed by atoms with van der Waals surface area (Å²) >= 11 is 0. The highest BCUT2D eigenvalue weighted by atomic mass is 32.2. The molecule has 1 aliphatic rings. The SMILES string of the molecule is C=C(Nc1cccc(S(=O)(=O)N2CCOc3cc(C)ccc32)c1)c1ncco1. The molecule has 0 saturated heterocycles. The quantitative estimate of drug-likeness (QED) is 0.707. The van der Waals surface area contributed by atoms with Crippen molar-refractivity contribution in [2.75, 3.05) is 22.8 Å². The number of benzene rings is 2. The van der Waals surface area contributed by atoms with Crippen molar-refractivity contribution in [2.45, 2.75) is 11.8 Å². The maximum Gasteiger partial charge on any atom is 0.264 e. The van der Waals surface area contributed by atoms with E-state index in [1.54, 1.807) is 30.3 Å². The molecule has 2 heterocycles. The van der Waals surface area contributed by atoms with Gasteiger partial charge in [0.1, 0.15) is 18.6 Å². The standard InChI is InChI=1S/C20H19N3O4S/c1-14-6-7-18-19(12-14)26-11-9-23(18)28(24,25)17-5-3-4-16(13-17)22-15(2)20-21-8-10-27-20/h3-8,10,12-13,22H,2,9,11H2,1H3. The van der Waals surface area contributed by atoms with Crippen LogP contribution in [0, 0.1) is 6.92 Å². The third kappa shape index (κ3) is 3.34. The Labute approximate surface area is 163 Å². The summed E-state index contributed by atoms with van der Waals surface area (Å²) < 4.78 is 38.8. The van der Waals surface area contributed by atoms with Crippen LogP contribution in [0.3, 0.4) is 0 Å². The molecule has 7 nitrogen and oxygen atoms in total. The fourth-order valence-corrected chi connectivity index (χ4v) is 4.52. The zero-order valence-corrected chi connectivity index (χ0v) is 16.1. The molecule has 0 spiro atoms. The van der Waals surface area contributed by atoms with Gasteiger partial charge in [0.15, 0.2) is 0 Å². The predicted octanol–water partition coefficient (Wildman–Crippen LogP) is 3.65. The van der Waals surface area contributed by atoms with Gasteiger partial charge in [0, 0.05) is 5.69 Å². The molecule has 3 aromatic rings. The minimum absolute atomic E-state index is 0.172. The van der Waals surface area contributed by atoms with Crippen molar-refractivity contribution in [3.63, 3.8) is 0 Å². The van der Waals surface area contributed by atoms with Crippen molar-refractivity contribution in [2.24, 2.45) is 0 Å². The highest BCUT2D eigenvalue weighted by Gasteiger charge is 2.30. The van der Waals surface area contributed by atoms with Gasteiger partial charge in [-0.15, -0.1) is 0 Å². The number of rotatable bonds is 5. The first-order valence-corrected chi connectivity index (χ1v) is 10.1. The molecule has 0 aliphatic carbocycles. The number of hydrogen-bond acceptors (Lipinski definition) is 6. The first-order chi connectivity index (χ1) is 13.4. The Morgan fingerprint density at radius 1 is 1.25 bits per heavy atom. The Hall–Kier alpha value is -3.26. The van der Waals surface area contributed by atoms with Gasteiger partial charge in [-0.05, 0) is 42.8 Å². The number of aryl methyl sites for hydroxylation is 1. The number of hydrogen-bond donors (Lipinski definition) is 1. The van der Waals surface area contributed by atoms with Crippen LogP contribution >= 0.6 is 0 Å². The molecule has 144 valence electrons. The molecule has 0 bridgehead atoms. The highest BCUT2D eigenvalue weighted by Crippen LogP contribution is 2.36. The van der Waals surface area contributed by atoms with E-state index in [1.165, 1.54) is 16.8 Å². The monoisotopic (exact) mass is 397 g/mol. The van der Waals surface area contributed by atoms with Crippen LogP contribution in [0.1, 0.15) is 11.5 Å². The largest absolute Gasteiger partial charge is 0.489 e. The van der Waals surface area contributed by atoms with Crippen molar-refractivity contribution < 1.29 is 17.6 Å². The van der Waals surface area contributed by atoms with Crippen molar-refractivity contribution in [1.82, 2.24) is 4.98 Å². The molecule has 0 amide bonds. The van der Waals surface area contributed by atoms with Crippen LogP contribution in [-0.4, -0.2) is 26.6 Å². The summed E-state index contributed by atoms with van der Waals surface area (Å²) in [6, 6.07) is 12.0. The fraction of sp³-hybridized carbons (Fsp3) is 0.150. The fourth-order valence-electron chi connectivity index (χ4n) is 3.01. The third-order valence-corrected chi connectivity index (χ3v) is 6.15. The average molecular weight is 397 g/mol. The predicted molar refractivity (Wildman–Crippen MR) is 107 cm³/mol. The Balaban J connectivity index is 1.65. The van der Waals surface area contributed by atoms with E-state index in [0.29, 0.717) is 35.3 Å². The lowest BCUT2D eigenvalue weighted by Gasteiger charge is -2.30. The lowest BCUT2D eigenvalue weighted by molar-refractivity contribution is 0.315. The van der Waals surface area contributed by atoms with Gasteiger partial charge in [-0.1, -0.05) is 18.7 Å². The first-order valence-electron chi connectivity index (χ1n) is 8.67. The van der Waals surface area contributed by atoms with E-state index in [0.717, 1.165) is 5.56 Å². The van der Waals surface area contributed by atoms with Gasteiger partial charge in [-0.3, -0.25) is 4.31 Å². The molecule has 28 heavy (non-hydrogen) atoms. The van der Waals surface area contributed by atoms with Crippen molar-refractivity contribution in [3.8, 4) is 5.75 Å². The number of nitrogens with one attached hydrogen (secondary N) is 1. The molecule has 0 unspecified atom stereocenters. The number of nitrogens with zero attached hydrogens (tertiary/aromatic N) is 2. The topological polar surface area (TPSA) is 84.7 Å². The second-order valence-corrected chi connectivity index (χ2v) is 8.23. The molecule has 0 saturated carbocycles. The third-order valence-electron chi connectivity index (χ3n) is 4.34. The van der Waals surface area contributed by atoms with E-state index in [2.05, 4.69) is 16.9 Å². The second kappa shape index (κ2) is 7.05. The summed E-state index contributed by atoms with van der Waals surface area (Å²) in [5, 5.41) is 3.03. The molecule has 8 heteroatoms. The van der Waals surface area contributed by atoms with Gasteiger partial charge >= 0.3 is 0 Å². The minimum Gasteiger partial charge on any atom is -0.489 e. The Morgan fingerprint density at radius 2 is 2.11 bits per heavy atom. The van der Waals surface area contributed by atoms with Crippen LogP contribution in [0.5, 0.6) is 5.75 Å². The van der Waals surface area contributed by atoms with Crippen LogP contribution in [0.25, 0.3) is 5.70 Å². The van der Waals surface area contributed by atoms with Gasteiger partial charge in [0.2, 0.25) is 5.89 Å². The van der Waals surface area contributed by atoms with Gasteiger partial charge in [0.25, 0.3) is 10.0 Å². The number of ether oxygens (including phenoxy) is 1. The molecule has 2 aromatic carbocycles. The van der Waals surface area contributed by atoms with E-state index in [-0.39, 0.29) is 11.4 Å². The van der Waals surface area contributed by atoms with Gasteiger partial charge in [0.05, 0.1) is 29.0 Å². The van der Waals surface area contributed by atoms with E-state index in [9.17, 15) is 8.42 Å². The molecule has 1 aromatic heterocycles. The molecule has 0 radical (unpaired) electrons. The molecule has 4 rings (SSSR count). The maximum absolute atomic E-state index is 13.3. The summed E-state index contributed by atoms with van der Waals surface area (Å²) in [6.07, 6.45) is 2.96. The Morgan fingerprint density at radius 3 is 2.89 bits per heavy atom. The Kier molecular flexibility index (Phi) is 4.56. The smallest absolute Gasteiger partial charge is 0.264 e. The van der Waals surface area contributed by atoms with Gasteiger partial charge in [-0.25, -0.2) is 13.4 Å². The van der Waals surface area contributed by atoms with E-state index >= 15 is 0 Å². The molecular formula is C20H19N3O4S. The first kappa shape index (κ1) is 18.1. The zero-order chi connectivity index (χ0) is 19.7. The summed E-state index contributed by atoms with van der Waals surface area (Å²) in [6.45, 7) is 6.36. The maximum atomic E-state index is 13.3. The molecular weight excluding hydrogens is 378 g/mol. The lowest BCUT2D eigenvalue weighted by atomic mass is 10.2. The number of aromatic nitrogens is 1. The van der Waals surface area contributed by atoms with Crippen molar-refractivity contribution in [1.29, 1.82) is 0 Å². The van der Waals surface area contributed by atoms with Crippen LogP contribution in [0.15, 0.2) is 70.8 Å². The molecule has 0 fully saturated rings. The van der Waals surface area contributed by atoms with Crippen LogP contribution in [0.4, 0.5) is 11.4 Å². The van der Waals surface area contributed by atoms with E-state index < -0.39 is 10.0 Å². The molecule has 1 N–H and O–H groups in total. The van der Waals surface area contributed by atoms with E-state index in [1.807, 2.05) is 19.1 Å². The van der Waals surface area contributed by atoms with Gasteiger partial charge < -0.3 is 14.5 Å². The summed E-state index contributed by atoms with van der Waals surface area (Å²) in [5.74, 6) is 0.909. The normalized spacial score (nSPS) is 13.5. The van der Waals surface area contributed by atoms with Crippen molar-refractivity contribution >= 4 is 27.1 Å². The summed E-state index contributed by atoms with van der Waals surface area (Å²) in [5.41, 5.74) is 2.56. The molecule has 0 atom stereocenters. The van der Waals surface area contributed by atoms with Crippen LogP contribution in [0.2, 0.25) is 0 Å². The van der Waals surface area contributed by atoms with Crippen molar-refractivity contribution in [3.05, 3.63) is 73.0 Å². The average Bonchev–Trinajstić information content (AvgIpc) is 3.22. The minimum atomic E-state index is -3.76. The number of sulfonamides is 1. The lowest BCUT2D eigenvalue weighted by Crippen LogP contribution is -2.37. The number of fused-ring (bicyclic) bond motifs is 1. The second-order valence-electron chi connectivity index (χ2n) is 6.37. The highest BCUT2D eigenvalue weighted by molar-refractivity contribution is 7.92.